The Bertz CT molecular complexity index is 1190. The topological polar surface area (TPSA) is 37.3 Å². The predicted octanol–water partition coefficient (Wildman–Crippen LogP) is 7.66. The fraction of sp³-hybridized carbons (Fsp3) is 0.618. The van der Waals surface area contributed by atoms with Crippen LogP contribution in [0.25, 0.3) is 0 Å². The summed E-state index contributed by atoms with van der Waals surface area (Å²) >= 11 is 0. The van der Waals surface area contributed by atoms with Gasteiger partial charge in [0, 0.05) is 23.2 Å². The summed E-state index contributed by atoms with van der Waals surface area (Å²) in [6, 6.07) is 9.27. The fourth-order valence-electron chi connectivity index (χ4n) is 7.68. The number of rotatable bonds is 1. The minimum atomic E-state index is -0.955. The molecule has 2 fully saturated rings. The summed E-state index contributed by atoms with van der Waals surface area (Å²) in [6.45, 7) is 15.5. The van der Waals surface area contributed by atoms with E-state index in [-0.39, 0.29) is 27.9 Å². The van der Waals surface area contributed by atoms with Crippen LogP contribution in [0, 0.1) is 34.5 Å². The largest absolute Gasteiger partial charge is 0.377 e. The molecule has 0 aromatic heterocycles. The third kappa shape index (κ3) is 4.22. The molecule has 1 aromatic carbocycles. The standard InChI is InChI=1S/C34H44O2/c1-31(2,3)18-19-34(36)17-16-29-27-14-10-23-20-25(35)13-15-26(23)30(27)28(21-33(29,34)7)22-8-11-24(12-9-22)32(4,5)6/h8-9,11-12,20,27-29,36H,10,13-17,21H2,1-7H3/t27-,28+,29?,33-,34+/m0/s1. The molecule has 1 N–H and O–H groups in total. The zero-order chi connectivity index (χ0) is 26.1. The van der Waals surface area contributed by atoms with Gasteiger partial charge in [0.1, 0.15) is 5.60 Å². The minimum Gasteiger partial charge on any atom is -0.377 e. The monoisotopic (exact) mass is 484 g/mol. The van der Waals surface area contributed by atoms with Gasteiger partial charge in [0.15, 0.2) is 5.78 Å². The number of fused-ring (bicyclic) bond motifs is 4. The van der Waals surface area contributed by atoms with Gasteiger partial charge in [-0.05, 0) is 105 Å². The van der Waals surface area contributed by atoms with Crippen molar-refractivity contribution in [2.75, 3.05) is 0 Å². The fourth-order valence-corrected chi connectivity index (χ4v) is 7.68. The van der Waals surface area contributed by atoms with E-state index in [9.17, 15) is 9.90 Å². The van der Waals surface area contributed by atoms with Crippen molar-refractivity contribution in [1.29, 1.82) is 0 Å². The molecule has 2 nitrogen and oxygen atoms in total. The molecule has 4 aliphatic carbocycles. The molecule has 0 amide bonds. The quantitative estimate of drug-likeness (QED) is 0.415. The second-order valence-corrected chi connectivity index (χ2v) is 14.3. The molecule has 5 atom stereocenters. The number of hydrogen-bond acceptors (Lipinski definition) is 2. The summed E-state index contributed by atoms with van der Waals surface area (Å²) < 4.78 is 0. The molecule has 0 bridgehead atoms. The molecule has 0 heterocycles. The van der Waals surface area contributed by atoms with Crippen molar-refractivity contribution in [3.63, 3.8) is 0 Å². The van der Waals surface area contributed by atoms with E-state index < -0.39 is 5.60 Å². The summed E-state index contributed by atoms with van der Waals surface area (Å²) in [7, 11) is 0. The number of hydrogen-bond donors (Lipinski definition) is 1. The summed E-state index contributed by atoms with van der Waals surface area (Å²) in [6.07, 6.45) is 8.22. The Hall–Kier alpha value is -2.11. The van der Waals surface area contributed by atoms with E-state index in [1.54, 1.807) is 5.57 Å². The van der Waals surface area contributed by atoms with Gasteiger partial charge in [-0.25, -0.2) is 0 Å². The van der Waals surface area contributed by atoms with Gasteiger partial charge in [-0.15, -0.1) is 0 Å². The lowest BCUT2D eigenvalue weighted by molar-refractivity contribution is -0.114. The Morgan fingerprint density at radius 3 is 2.31 bits per heavy atom. The molecular weight excluding hydrogens is 440 g/mol. The third-order valence-corrected chi connectivity index (χ3v) is 9.71. The number of allylic oxidation sites excluding steroid dienone is 4. The number of ketones is 1. The van der Waals surface area contributed by atoms with Gasteiger partial charge in [0.05, 0.1) is 0 Å². The predicted molar refractivity (Wildman–Crippen MR) is 148 cm³/mol. The van der Waals surface area contributed by atoms with Crippen molar-refractivity contribution in [2.45, 2.75) is 110 Å². The molecule has 36 heavy (non-hydrogen) atoms. The van der Waals surface area contributed by atoms with Crippen LogP contribution in [0.1, 0.15) is 110 Å². The second kappa shape index (κ2) is 8.46. The van der Waals surface area contributed by atoms with Crippen LogP contribution in [0.2, 0.25) is 0 Å². The Morgan fingerprint density at radius 1 is 0.972 bits per heavy atom. The molecule has 1 aromatic rings. The van der Waals surface area contributed by atoms with Gasteiger partial charge in [0.2, 0.25) is 0 Å². The minimum absolute atomic E-state index is 0.116. The van der Waals surface area contributed by atoms with Gasteiger partial charge in [-0.3, -0.25) is 4.79 Å². The first-order chi connectivity index (χ1) is 16.7. The summed E-state index contributed by atoms with van der Waals surface area (Å²) in [5.74, 6) is 8.28. The first-order valence-corrected chi connectivity index (χ1v) is 14.1. The molecule has 192 valence electrons. The normalized spacial score (nSPS) is 34.3. The average Bonchev–Trinajstić information content (AvgIpc) is 3.07. The number of aliphatic hydroxyl groups is 1. The Morgan fingerprint density at radius 2 is 1.67 bits per heavy atom. The Kier molecular flexibility index (Phi) is 6.00. The van der Waals surface area contributed by atoms with E-state index in [4.69, 9.17) is 0 Å². The maximum Gasteiger partial charge on any atom is 0.156 e. The lowest BCUT2D eigenvalue weighted by Gasteiger charge is -2.53. The summed E-state index contributed by atoms with van der Waals surface area (Å²) in [5, 5.41) is 12.1. The lowest BCUT2D eigenvalue weighted by atomic mass is 9.51. The van der Waals surface area contributed by atoms with Gasteiger partial charge < -0.3 is 5.11 Å². The number of carbonyl (C=O) groups is 1. The average molecular weight is 485 g/mol. The van der Waals surface area contributed by atoms with Crippen LogP contribution in [-0.4, -0.2) is 16.5 Å². The van der Waals surface area contributed by atoms with Crippen LogP contribution in [0.3, 0.4) is 0 Å². The SMILES string of the molecule is CC(C)(C)C#C[C@]1(O)CCC2[C@@H]3CCC4=CC(=O)CCC4=C3[C@@H](c3ccc(C(C)(C)C)cc3)C[C@@]21C. The number of carbonyl (C=O) groups excluding carboxylic acids is 1. The van der Waals surface area contributed by atoms with E-state index in [0.29, 0.717) is 18.3 Å². The highest BCUT2D eigenvalue weighted by atomic mass is 16.3. The van der Waals surface area contributed by atoms with E-state index in [1.165, 1.54) is 22.3 Å². The van der Waals surface area contributed by atoms with E-state index in [0.717, 1.165) is 38.5 Å². The highest BCUT2D eigenvalue weighted by Gasteiger charge is 2.62. The van der Waals surface area contributed by atoms with Crippen molar-refractivity contribution in [2.24, 2.45) is 22.7 Å². The van der Waals surface area contributed by atoms with Gasteiger partial charge >= 0.3 is 0 Å². The van der Waals surface area contributed by atoms with Gasteiger partial charge in [-0.1, -0.05) is 69.4 Å². The first kappa shape index (κ1) is 25.5. The molecule has 0 aliphatic heterocycles. The van der Waals surface area contributed by atoms with Crippen molar-refractivity contribution < 1.29 is 9.90 Å². The molecule has 0 saturated heterocycles. The van der Waals surface area contributed by atoms with Gasteiger partial charge in [0.25, 0.3) is 0 Å². The van der Waals surface area contributed by atoms with E-state index in [2.05, 4.69) is 84.6 Å². The molecule has 1 unspecified atom stereocenters. The lowest BCUT2D eigenvalue weighted by Crippen LogP contribution is -2.51. The van der Waals surface area contributed by atoms with Crippen LogP contribution in [-0.2, 0) is 10.2 Å². The maximum atomic E-state index is 12.3. The van der Waals surface area contributed by atoms with Crippen LogP contribution in [0.5, 0.6) is 0 Å². The third-order valence-electron chi connectivity index (χ3n) is 9.71. The molecule has 4 aliphatic rings. The zero-order valence-corrected chi connectivity index (χ0v) is 23.4. The van der Waals surface area contributed by atoms with Crippen LogP contribution >= 0.6 is 0 Å². The number of benzene rings is 1. The zero-order valence-electron chi connectivity index (χ0n) is 23.4. The molecule has 0 radical (unpaired) electrons. The molecule has 5 rings (SSSR count). The highest BCUT2D eigenvalue weighted by Crippen LogP contribution is 2.66. The Labute approximate surface area is 218 Å². The van der Waals surface area contributed by atoms with Crippen LogP contribution in [0.4, 0.5) is 0 Å². The van der Waals surface area contributed by atoms with Crippen LogP contribution < -0.4 is 0 Å². The first-order valence-electron chi connectivity index (χ1n) is 14.1. The summed E-state index contributed by atoms with van der Waals surface area (Å²) in [5.41, 5.74) is 5.82. The van der Waals surface area contributed by atoms with Crippen molar-refractivity contribution in [1.82, 2.24) is 0 Å². The Balaban J connectivity index is 1.65. The molecule has 2 saturated carbocycles. The van der Waals surface area contributed by atoms with Crippen LogP contribution in [0.15, 0.2) is 47.1 Å². The summed E-state index contributed by atoms with van der Waals surface area (Å²) in [4.78, 5) is 12.3. The molecular formula is C34H44O2. The second-order valence-electron chi connectivity index (χ2n) is 14.3. The van der Waals surface area contributed by atoms with E-state index >= 15 is 0 Å². The van der Waals surface area contributed by atoms with Gasteiger partial charge in [-0.2, -0.15) is 0 Å². The van der Waals surface area contributed by atoms with Crippen molar-refractivity contribution in [3.8, 4) is 11.8 Å². The smallest absolute Gasteiger partial charge is 0.156 e. The maximum absolute atomic E-state index is 12.3. The molecule has 0 spiro atoms. The van der Waals surface area contributed by atoms with Crippen molar-refractivity contribution in [3.05, 3.63) is 58.2 Å². The van der Waals surface area contributed by atoms with E-state index in [1.807, 2.05) is 6.08 Å². The van der Waals surface area contributed by atoms with Crippen molar-refractivity contribution >= 4 is 5.78 Å². The molecule has 2 heteroatoms. The highest BCUT2D eigenvalue weighted by molar-refractivity contribution is 5.93.